The number of aryl methyl sites for hydroxylation is 2. The van der Waals surface area contributed by atoms with Gasteiger partial charge < -0.3 is 5.32 Å². The third kappa shape index (κ3) is 2.06. The molecule has 1 unspecified atom stereocenters. The normalized spacial score (nSPS) is 32.3. The van der Waals surface area contributed by atoms with Gasteiger partial charge in [-0.15, -0.1) is 11.3 Å². The molecule has 1 saturated carbocycles. The lowest BCUT2D eigenvalue weighted by Gasteiger charge is -2.49. The molecule has 4 heteroatoms. The molecule has 3 aliphatic rings. The summed E-state index contributed by atoms with van der Waals surface area (Å²) in [6.07, 6.45) is 7.79. The molecule has 1 atom stereocenters. The zero-order chi connectivity index (χ0) is 13.8. The molecule has 4 rings (SSSR count). The van der Waals surface area contributed by atoms with Gasteiger partial charge in [0, 0.05) is 16.7 Å². The average molecular weight is 309 g/mol. The SMILES string of the molecule is CC1(C)CCSCC1(NC1CC1)c1nc2c(s1)CCC2. The van der Waals surface area contributed by atoms with Gasteiger partial charge in [-0.25, -0.2) is 4.98 Å². The van der Waals surface area contributed by atoms with Crippen LogP contribution < -0.4 is 5.32 Å². The van der Waals surface area contributed by atoms with Crippen LogP contribution in [0.15, 0.2) is 0 Å². The molecule has 2 heterocycles. The number of nitrogens with zero attached hydrogens (tertiary/aromatic N) is 1. The van der Waals surface area contributed by atoms with Crippen molar-refractivity contribution < 1.29 is 0 Å². The first-order chi connectivity index (χ1) is 9.61. The van der Waals surface area contributed by atoms with Gasteiger partial charge >= 0.3 is 0 Å². The van der Waals surface area contributed by atoms with Crippen molar-refractivity contribution in [2.75, 3.05) is 11.5 Å². The number of hydrogen-bond donors (Lipinski definition) is 1. The number of aromatic nitrogens is 1. The lowest BCUT2D eigenvalue weighted by molar-refractivity contribution is 0.126. The molecule has 20 heavy (non-hydrogen) atoms. The van der Waals surface area contributed by atoms with Gasteiger partial charge in [-0.3, -0.25) is 0 Å². The van der Waals surface area contributed by atoms with Gasteiger partial charge in [-0.1, -0.05) is 13.8 Å². The van der Waals surface area contributed by atoms with Crippen LogP contribution in [-0.2, 0) is 18.4 Å². The van der Waals surface area contributed by atoms with Crippen molar-refractivity contribution in [2.24, 2.45) is 5.41 Å². The van der Waals surface area contributed by atoms with Gasteiger partial charge in [0.25, 0.3) is 0 Å². The molecule has 0 amide bonds. The second kappa shape index (κ2) is 4.72. The highest BCUT2D eigenvalue weighted by Crippen LogP contribution is 2.51. The number of rotatable bonds is 3. The summed E-state index contributed by atoms with van der Waals surface area (Å²) in [6, 6.07) is 0.742. The zero-order valence-corrected chi connectivity index (χ0v) is 14.1. The average Bonchev–Trinajstić information content (AvgIpc) is 2.94. The third-order valence-electron chi connectivity index (χ3n) is 5.33. The van der Waals surface area contributed by atoms with Crippen molar-refractivity contribution in [1.82, 2.24) is 10.3 Å². The van der Waals surface area contributed by atoms with Gasteiger partial charge in [-0.2, -0.15) is 11.8 Å². The van der Waals surface area contributed by atoms with Crippen LogP contribution in [0.5, 0.6) is 0 Å². The van der Waals surface area contributed by atoms with E-state index in [1.165, 1.54) is 60.7 Å². The van der Waals surface area contributed by atoms with E-state index in [1.807, 2.05) is 11.3 Å². The van der Waals surface area contributed by atoms with E-state index in [2.05, 4.69) is 30.9 Å². The summed E-state index contributed by atoms with van der Waals surface area (Å²) in [5.41, 5.74) is 1.84. The van der Waals surface area contributed by atoms with E-state index < -0.39 is 0 Å². The highest BCUT2D eigenvalue weighted by Gasteiger charge is 2.52. The summed E-state index contributed by atoms with van der Waals surface area (Å²) in [5.74, 6) is 2.50. The summed E-state index contributed by atoms with van der Waals surface area (Å²) >= 11 is 4.13. The molecular weight excluding hydrogens is 284 g/mol. The monoisotopic (exact) mass is 308 g/mol. The van der Waals surface area contributed by atoms with Crippen LogP contribution in [0.1, 0.15) is 55.1 Å². The molecule has 0 radical (unpaired) electrons. The van der Waals surface area contributed by atoms with Crippen molar-refractivity contribution >= 4 is 23.1 Å². The minimum absolute atomic E-state index is 0.117. The maximum absolute atomic E-state index is 5.11. The molecule has 1 N–H and O–H groups in total. The largest absolute Gasteiger partial charge is 0.301 e. The second-order valence-electron chi connectivity index (χ2n) is 7.25. The molecule has 1 aliphatic heterocycles. The lowest BCUT2D eigenvalue weighted by atomic mass is 9.71. The Balaban J connectivity index is 1.76. The van der Waals surface area contributed by atoms with Crippen LogP contribution in [0.2, 0.25) is 0 Å². The third-order valence-corrected chi connectivity index (χ3v) is 7.78. The molecule has 1 saturated heterocycles. The summed E-state index contributed by atoms with van der Waals surface area (Å²) in [4.78, 5) is 6.68. The molecular formula is C16H24N2S2. The van der Waals surface area contributed by atoms with Crippen molar-refractivity contribution in [2.45, 2.75) is 64.0 Å². The quantitative estimate of drug-likeness (QED) is 0.921. The summed E-state index contributed by atoms with van der Waals surface area (Å²) in [5, 5.41) is 5.42. The minimum Gasteiger partial charge on any atom is -0.301 e. The van der Waals surface area contributed by atoms with E-state index in [-0.39, 0.29) is 5.54 Å². The zero-order valence-electron chi connectivity index (χ0n) is 12.5. The number of hydrogen-bond acceptors (Lipinski definition) is 4. The molecule has 1 aromatic heterocycles. The highest BCUT2D eigenvalue weighted by atomic mass is 32.2. The van der Waals surface area contributed by atoms with Crippen LogP contribution in [-0.4, -0.2) is 22.5 Å². The van der Waals surface area contributed by atoms with Crippen molar-refractivity contribution in [1.29, 1.82) is 0 Å². The van der Waals surface area contributed by atoms with Gasteiger partial charge in [-0.05, 0) is 49.7 Å². The van der Waals surface area contributed by atoms with Crippen molar-refractivity contribution in [3.8, 4) is 0 Å². The molecule has 0 aromatic carbocycles. The number of fused-ring (bicyclic) bond motifs is 1. The topological polar surface area (TPSA) is 24.9 Å². The Kier molecular flexibility index (Phi) is 3.21. The first-order valence-corrected chi connectivity index (χ1v) is 9.92. The standard InChI is InChI=1S/C16H24N2S2/c1-15(2)8-9-19-10-16(15,18-11-6-7-11)14-17-12-4-3-5-13(12)20-14/h11,18H,3-10H2,1-2H3. The van der Waals surface area contributed by atoms with Crippen LogP contribution in [0.3, 0.4) is 0 Å². The Bertz CT molecular complexity index is 497. The Labute approximate surface area is 130 Å². The van der Waals surface area contributed by atoms with E-state index in [0.717, 1.165) is 6.04 Å². The fourth-order valence-corrected chi connectivity index (χ4v) is 6.85. The van der Waals surface area contributed by atoms with Crippen molar-refractivity contribution in [3.63, 3.8) is 0 Å². The van der Waals surface area contributed by atoms with Crippen LogP contribution in [0.4, 0.5) is 0 Å². The highest BCUT2D eigenvalue weighted by molar-refractivity contribution is 7.99. The van der Waals surface area contributed by atoms with E-state index in [9.17, 15) is 0 Å². The molecule has 2 fully saturated rings. The molecule has 1 aromatic rings. The minimum atomic E-state index is 0.117. The molecule has 2 nitrogen and oxygen atoms in total. The molecule has 0 bridgehead atoms. The maximum atomic E-state index is 5.11. The van der Waals surface area contributed by atoms with E-state index in [1.54, 1.807) is 4.88 Å². The van der Waals surface area contributed by atoms with Gasteiger partial charge in [0.2, 0.25) is 0 Å². The summed E-state index contributed by atoms with van der Waals surface area (Å²) in [7, 11) is 0. The summed E-state index contributed by atoms with van der Waals surface area (Å²) < 4.78 is 0. The summed E-state index contributed by atoms with van der Waals surface area (Å²) in [6.45, 7) is 4.91. The van der Waals surface area contributed by atoms with Crippen LogP contribution in [0, 0.1) is 5.41 Å². The molecule has 0 spiro atoms. The Hall–Kier alpha value is -0.0600. The van der Waals surface area contributed by atoms with E-state index >= 15 is 0 Å². The fourth-order valence-electron chi connectivity index (χ4n) is 3.56. The lowest BCUT2D eigenvalue weighted by Crippen LogP contribution is -2.58. The Morgan fingerprint density at radius 1 is 1.25 bits per heavy atom. The van der Waals surface area contributed by atoms with Gasteiger partial charge in [0.05, 0.1) is 11.2 Å². The van der Waals surface area contributed by atoms with Crippen LogP contribution >= 0.6 is 23.1 Å². The van der Waals surface area contributed by atoms with Crippen LogP contribution in [0.25, 0.3) is 0 Å². The van der Waals surface area contributed by atoms with E-state index in [4.69, 9.17) is 4.98 Å². The Morgan fingerprint density at radius 2 is 2.10 bits per heavy atom. The predicted octanol–water partition coefficient (Wildman–Crippen LogP) is 3.74. The van der Waals surface area contributed by atoms with Crippen molar-refractivity contribution in [3.05, 3.63) is 15.6 Å². The fraction of sp³-hybridized carbons (Fsp3) is 0.812. The van der Waals surface area contributed by atoms with E-state index in [0.29, 0.717) is 5.41 Å². The molecule has 110 valence electrons. The first-order valence-electron chi connectivity index (χ1n) is 7.95. The number of nitrogens with one attached hydrogen (secondary N) is 1. The number of thioether (sulfide) groups is 1. The van der Waals surface area contributed by atoms with Gasteiger partial charge in [0.15, 0.2) is 0 Å². The maximum Gasteiger partial charge on any atom is 0.115 e. The second-order valence-corrected chi connectivity index (χ2v) is 9.44. The Morgan fingerprint density at radius 3 is 2.80 bits per heavy atom. The number of thiazole rings is 1. The predicted molar refractivity (Wildman–Crippen MR) is 87.7 cm³/mol. The molecule has 2 aliphatic carbocycles. The first kappa shape index (κ1) is 13.6. The van der Waals surface area contributed by atoms with Gasteiger partial charge in [0.1, 0.15) is 5.01 Å². The smallest absolute Gasteiger partial charge is 0.115 e.